The van der Waals surface area contributed by atoms with Crippen molar-refractivity contribution in [3.8, 4) is 0 Å². The first-order valence-electron chi connectivity index (χ1n) is 8.59. The van der Waals surface area contributed by atoms with Gasteiger partial charge in [-0.15, -0.1) is 0 Å². The Kier molecular flexibility index (Phi) is 4.31. The lowest BCUT2D eigenvalue weighted by Crippen LogP contribution is -2.52. The van der Waals surface area contributed by atoms with Crippen LogP contribution in [0.3, 0.4) is 0 Å². The number of hydrogen-bond acceptors (Lipinski definition) is 3. The van der Waals surface area contributed by atoms with Crippen molar-refractivity contribution in [2.75, 3.05) is 13.1 Å². The molecule has 2 fully saturated rings. The van der Waals surface area contributed by atoms with Gasteiger partial charge in [-0.1, -0.05) is 27.7 Å². The van der Waals surface area contributed by atoms with Crippen molar-refractivity contribution in [3.05, 3.63) is 0 Å². The smallest absolute Gasteiger partial charge is 0.410 e. The highest BCUT2D eigenvalue weighted by atomic mass is 16.6. The van der Waals surface area contributed by atoms with Crippen LogP contribution >= 0.6 is 0 Å². The van der Waals surface area contributed by atoms with Crippen molar-refractivity contribution in [1.29, 1.82) is 0 Å². The molecule has 1 saturated carbocycles. The number of likely N-dealkylation sites (tertiary alicyclic amines) is 1. The molecule has 2 N–H and O–H groups in total. The third kappa shape index (κ3) is 3.42. The zero-order valence-corrected chi connectivity index (χ0v) is 15.4. The van der Waals surface area contributed by atoms with Crippen LogP contribution in [0.2, 0.25) is 0 Å². The van der Waals surface area contributed by atoms with Crippen molar-refractivity contribution in [1.82, 2.24) is 4.90 Å². The van der Waals surface area contributed by atoms with Gasteiger partial charge >= 0.3 is 6.09 Å². The lowest BCUT2D eigenvalue weighted by atomic mass is 9.79. The van der Waals surface area contributed by atoms with E-state index in [0.29, 0.717) is 18.4 Å². The van der Waals surface area contributed by atoms with Crippen LogP contribution < -0.4 is 5.73 Å². The van der Waals surface area contributed by atoms with Gasteiger partial charge in [0.15, 0.2) is 0 Å². The van der Waals surface area contributed by atoms with Crippen molar-refractivity contribution in [2.45, 2.75) is 73.0 Å². The fourth-order valence-corrected chi connectivity index (χ4v) is 4.25. The van der Waals surface area contributed by atoms with Crippen LogP contribution in [0.1, 0.15) is 61.3 Å². The van der Waals surface area contributed by atoms with E-state index in [-0.39, 0.29) is 23.0 Å². The summed E-state index contributed by atoms with van der Waals surface area (Å²) in [6.45, 7) is 16.3. The maximum Gasteiger partial charge on any atom is 0.410 e. The molecule has 4 nitrogen and oxygen atoms in total. The van der Waals surface area contributed by atoms with Gasteiger partial charge in [0.05, 0.1) is 0 Å². The molecule has 1 aliphatic carbocycles. The van der Waals surface area contributed by atoms with Crippen molar-refractivity contribution < 1.29 is 9.53 Å². The molecule has 1 heterocycles. The number of hydrogen-bond donors (Lipinski definition) is 1. The number of nitrogens with two attached hydrogens (primary N) is 1. The summed E-state index contributed by atoms with van der Waals surface area (Å²) in [7, 11) is 0. The quantitative estimate of drug-likeness (QED) is 0.847. The van der Waals surface area contributed by atoms with E-state index in [9.17, 15) is 4.79 Å². The molecule has 0 radical (unpaired) electrons. The number of carbonyl (C=O) groups excluding carboxylic acids is 1. The highest BCUT2D eigenvalue weighted by Crippen LogP contribution is 2.61. The Labute approximate surface area is 135 Å². The predicted molar refractivity (Wildman–Crippen MR) is 89.6 cm³/mol. The maximum atomic E-state index is 12.7. The van der Waals surface area contributed by atoms with Gasteiger partial charge < -0.3 is 15.4 Å². The third-order valence-electron chi connectivity index (χ3n) is 5.55. The van der Waals surface area contributed by atoms with Gasteiger partial charge in [0.1, 0.15) is 5.60 Å². The topological polar surface area (TPSA) is 55.6 Å². The number of piperidine rings is 1. The van der Waals surface area contributed by atoms with Crippen LogP contribution in [0, 0.1) is 22.7 Å². The first-order chi connectivity index (χ1) is 9.89. The minimum atomic E-state index is -0.449. The zero-order chi connectivity index (χ0) is 16.9. The van der Waals surface area contributed by atoms with Gasteiger partial charge in [-0.3, -0.25) is 0 Å². The van der Waals surface area contributed by atoms with Crippen molar-refractivity contribution in [2.24, 2.45) is 28.4 Å². The number of rotatable bonds is 2. The summed E-state index contributed by atoms with van der Waals surface area (Å²) in [5.74, 6) is 1.02. The standard InChI is InChI=1S/C18H34N2O2/c1-16(2,3)22-15(21)20-11-17(4,5)9-8-13(20)14-12(10-19)18(14,6)7/h12-14H,8-11,19H2,1-7H3/t12-,13?,14+/m1/s1. The van der Waals surface area contributed by atoms with E-state index in [1.807, 2.05) is 25.7 Å². The third-order valence-corrected chi connectivity index (χ3v) is 5.55. The minimum absolute atomic E-state index is 0.157. The van der Waals surface area contributed by atoms with Gasteiger partial charge in [0.25, 0.3) is 0 Å². The Balaban J connectivity index is 2.19. The zero-order valence-electron chi connectivity index (χ0n) is 15.4. The van der Waals surface area contributed by atoms with Crippen LogP contribution in [0.5, 0.6) is 0 Å². The maximum absolute atomic E-state index is 12.7. The van der Waals surface area contributed by atoms with Gasteiger partial charge in [-0.05, 0) is 62.8 Å². The second kappa shape index (κ2) is 5.40. The molecule has 0 aromatic heterocycles. The van der Waals surface area contributed by atoms with Crippen LogP contribution in [0.15, 0.2) is 0 Å². The monoisotopic (exact) mass is 310 g/mol. The number of ether oxygens (including phenoxy) is 1. The van der Waals surface area contributed by atoms with E-state index in [1.165, 1.54) is 0 Å². The SMILES string of the molecule is CC1(C)CCC([C@@H]2[C@@H](CN)C2(C)C)N(C(=O)OC(C)(C)C)C1. The lowest BCUT2D eigenvalue weighted by Gasteiger charge is -2.44. The summed E-state index contributed by atoms with van der Waals surface area (Å²) < 4.78 is 5.67. The summed E-state index contributed by atoms with van der Waals surface area (Å²) in [5.41, 5.74) is 5.89. The summed E-state index contributed by atoms with van der Waals surface area (Å²) in [4.78, 5) is 14.7. The second-order valence-electron chi connectivity index (χ2n) is 9.57. The average Bonchev–Trinajstić information content (AvgIpc) is 2.87. The molecular formula is C18H34N2O2. The second-order valence-corrected chi connectivity index (χ2v) is 9.57. The highest BCUT2D eigenvalue weighted by Gasteiger charge is 2.62. The van der Waals surface area contributed by atoms with Gasteiger partial charge in [-0.2, -0.15) is 0 Å². The fraction of sp³-hybridized carbons (Fsp3) is 0.944. The molecule has 0 spiro atoms. The Morgan fingerprint density at radius 2 is 1.86 bits per heavy atom. The fourth-order valence-electron chi connectivity index (χ4n) is 4.25. The van der Waals surface area contributed by atoms with Crippen LogP contribution in [-0.4, -0.2) is 35.7 Å². The molecule has 1 amide bonds. The van der Waals surface area contributed by atoms with Crippen LogP contribution in [0.25, 0.3) is 0 Å². The molecule has 0 aromatic carbocycles. The number of amides is 1. The van der Waals surface area contributed by atoms with E-state index in [4.69, 9.17) is 10.5 Å². The minimum Gasteiger partial charge on any atom is -0.444 e. The summed E-state index contributed by atoms with van der Waals surface area (Å²) in [6, 6.07) is 0.270. The molecular weight excluding hydrogens is 276 g/mol. The van der Waals surface area contributed by atoms with E-state index < -0.39 is 5.60 Å². The summed E-state index contributed by atoms with van der Waals surface area (Å²) >= 11 is 0. The number of carbonyl (C=O) groups is 1. The Hall–Kier alpha value is -0.770. The van der Waals surface area contributed by atoms with Gasteiger partial charge in [-0.25, -0.2) is 4.79 Å². The molecule has 1 aliphatic heterocycles. The molecule has 0 aromatic rings. The van der Waals surface area contributed by atoms with Crippen LogP contribution in [0.4, 0.5) is 4.79 Å². The average molecular weight is 310 g/mol. The largest absolute Gasteiger partial charge is 0.444 e. The Bertz CT molecular complexity index is 437. The predicted octanol–water partition coefficient (Wildman–Crippen LogP) is 3.64. The van der Waals surface area contributed by atoms with E-state index in [2.05, 4.69) is 27.7 Å². The summed E-state index contributed by atoms with van der Waals surface area (Å²) in [5, 5.41) is 0. The van der Waals surface area contributed by atoms with E-state index >= 15 is 0 Å². The first kappa shape index (κ1) is 17.6. The highest BCUT2D eigenvalue weighted by molar-refractivity contribution is 5.69. The van der Waals surface area contributed by atoms with E-state index in [0.717, 1.165) is 19.4 Å². The molecule has 2 aliphatic rings. The van der Waals surface area contributed by atoms with Crippen LogP contribution in [-0.2, 0) is 4.74 Å². The van der Waals surface area contributed by atoms with Crippen molar-refractivity contribution >= 4 is 6.09 Å². The molecule has 0 bridgehead atoms. The van der Waals surface area contributed by atoms with Crippen molar-refractivity contribution in [3.63, 3.8) is 0 Å². The normalized spacial score (nSPS) is 33.5. The summed E-state index contributed by atoms with van der Waals surface area (Å²) in [6.07, 6.45) is 2.04. The first-order valence-corrected chi connectivity index (χ1v) is 8.59. The molecule has 3 atom stereocenters. The molecule has 1 saturated heterocycles. The molecule has 2 rings (SSSR count). The lowest BCUT2D eigenvalue weighted by molar-refractivity contribution is -0.0136. The van der Waals surface area contributed by atoms with E-state index in [1.54, 1.807) is 0 Å². The molecule has 4 heteroatoms. The Morgan fingerprint density at radius 3 is 2.32 bits per heavy atom. The Morgan fingerprint density at radius 1 is 1.27 bits per heavy atom. The number of nitrogens with zero attached hydrogens (tertiary/aromatic N) is 1. The molecule has 128 valence electrons. The molecule has 22 heavy (non-hydrogen) atoms. The van der Waals surface area contributed by atoms with Gasteiger partial charge in [0, 0.05) is 12.6 Å². The van der Waals surface area contributed by atoms with Gasteiger partial charge in [0.2, 0.25) is 0 Å². The molecule has 1 unspecified atom stereocenters.